The van der Waals surface area contributed by atoms with Crippen molar-refractivity contribution in [2.75, 3.05) is 0 Å². The first-order valence-corrected chi connectivity index (χ1v) is 13.0. The van der Waals surface area contributed by atoms with Gasteiger partial charge in [0.25, 0.3) is 0 Å². The minimum Gasteiger partial charge on any atom is -0.480 e. The number of rotatable bonds is 8. The van der Waals surface area contributed by atoms with Crippen molar-refractivity contribution in [3.05, 3.63) is 89.0 Å². The fourth-order valence-electron chi connectivity index (χ4n) is 3.75. The molecule has 0 aliphatic rings. The molecule has 0 amide bonds. The number of aromatic nitrogens is 5. The predicted molar refractivity (Wildman–Crippen MR) is 136 cm³/mol. The monoisotopic (exact) mass is 566 g/mol. The number of sulfonamides is 1. The van der Waals surface area contributed by atoms with Crippen molar-refractivity contribution >= 4 is 42.8 Å². The number of H-pyrrole nitrogens is 1. The summed E-state index contributed by atoms with van der Waals surface area (Å²) in [6, 6.07) is 19.3. The van der Waals surface area contributed by atoms with Gasteiger partial charge in [-0.3, -0.25) is 4.79 Å². The number of nitrogens with one attached hydrogen (secondary N) is 2. The van der Waals surface area contributed by atoms with Crippen LogP contribution in [-0.4, -0.2) is 50.7 Å². The van der Waals surface area contributed by atoms with Gasteiger partial charge < -0.3 is 10.1 Å². The number of hydrogen-bond donors (Lipinski definition) is 3. The largest absolute Gasteiger partial charge is 0.480 e. The van der Waals surface area contributed by atoms with Crippen LogP contribution in [0.2, 0.25) is 0 Å². The van der Waals surface area contributed by atoms with Gasteiger partial charge in [-0.25, -0.2) is 8.42 Å². The molecule has 0 fully saturated rings. The Morgan fingerprint density at radius 3 is 2.50 bits per heavy atom. The van der Waals surface area contributed by atoms with Gasteiger partial charge in [0.15, 0.2) is 0 Å². The SMILES string of the molecule is O=C(O)[C@@H](Cc1c[nH]c2ccccc12)NS(=O)(=O)c1ccc(-c2nnn(-c3ccc(Br)cc3)n2)cc1. The van der Waals surface area contributed by atoms with E-state index in [0.29, 0.717) is 17.0 Å². The normalized spacial score (nSPS) is 12.6. The van der Waals surface area contributed by atoms with Crippen molar-refractivity contribution in [3.8, 4) is 17.1 Å². The van der Waals surface area contributed by atoms with E-state index in [2.05, 4.69) is 41.0 Å². The minimum atomic E-state index is -4.11. The Kier molecular flexibility index (Phi) is 6.39. The van der Waals surface area contributed by atoms with Gasteiger partial charge in [0, 0.05) is 33.6 Å². The first kappa shape index (κ1) is 23.9. The Morgan fingerprint density at radius 1 is 1.06 bits per heavy atom. The lowest BCUT2D eigenvalue weighted by Gasteiger charge is -2.15. The van der Waals surface area contributed by atoms with Gasteiger partial charge in [-0.1, -0.05) is 34.1 Å². The molecule has 0 radical (unpaired) electrons. The van der Waals surface area contributed by atoms with Crippen molar-refractivity contribution in [3.63, 3.8) is 0 Å². The highest BCUT2D eigenvalue weighted by Crippen LogP contribution is 2.22. The highest BCUT2D eigenvalue weighted by Gasteiger charge is 2.26. The van der Waals surface area contributed by atoms with Crippen LogP contribution in [0.5, 0.6) is 0 Å². The van der Waals surface area contributed by atoms with Gasteiger partial charge in [0.1, 0.15) is 6.04 Å². The second-order valence-corrected chi connectivity index (χ2v) is 10.6. The molecule has 0 aliphatic heterocycles. The third kappa shape index (κ3) is 4.91. The highest BCUT2D eigenvalue weighted by atomic mass is 79.9. The molecule has 10 nitrogen and oxygen atoms in total. The van der Waals surface area contributed by atoms with E-state index in [9.17, 15) is 18.3 Å². The van der Waals surface area contributed by atoms with E-state index in [1.165, 1.54) is 16.9 Å². The molecule has 12 heteroatoms. The van der Waals surface area contributed by atoms with Crippen LogP contribution >= 0.6 is 15.9 Å². The molecule has 0 spiro atoms. The third-order valence-corrected chi connectivity index (χ3v) is 7.60. The summed E-state index contributed by atoms with van der Waals surface area (Å²) in [5.74, 6) is -0.952. The molecule has 3 aromatic carbocycles. The summed E-state index contributed by atoms with van der Waals surface area (Å²) >= 11 is 3.38. The maximum atomic E-state index is 13.0. The number of hydrogen-bond acceptors (Lipinski definition) is 6. The molecule has 2 heterocycles. The maximum absolute atomic E-state index is 13.0. The second kappa shape index (κ2) is 9.64. The van der Waals surface area contributed by atoms with Gasteiger partial charge in [0.2, 0.25) is 15.8 Å². The Hall–Kier alpha value is -3.87. The lowest BCUT2D eigenvalue weighted by Crippen LogP contribution is -2.42. The molecule has 5 rings (SSSR count). The van der Waals surface area contributed by atoms with Crippen LogP contribution in [0.4, 0.5) is 0 Å². The first-order valence-electron chi connectivity index (χ1n) is 10.8. The minimum absolute atomic E-state index is 0.0141. The topological polar surface area (TPSA) is 143 Å². The molecular formula is C24H19BrN6O4S. The summed E-state index contributed by atoms with van der Waals surface area (Å²) in [5, 5.41) is 23.0. The number of carboxylic acids is 1. The number of para-hydroxylation sites is 1. The smallest absolute Gasteiger partial charge is 0.322 e. The number of fused-ring (bicyclic) bond motifs is 1. The lowest BCUT2D eigenvalue weighted by molar-refractivity contribution is -0.138. The summed E-state index contributed by atoms with van der Waals surface area (Å²) in [5.41, 5.74) is 2.83. The van der Waals surface area contributed by atoms with Crippen LogP contribution in [0, 0.1) is 0 Å². The van der Waals surface area contributed by atoms with E-state index in [-0.39, 0.29) is 11.3 Å². The zero-order valence-electron chi connectivity index (χ0n) is 18.5. The van der Waals surface area contributed by atoms with Crippen molar-refractivity contribution in [2.24, 2.45) is 0 Å². The molecule has 2 aromatic heterocycles. The lowest BCUT2D eigenvalue weighted by atomic mass is 10.1. The zero-order valence-corrected chi connectivity index (χ0v) is 20.9. The van der Waals surface area contributed by atoms with Crippen molar-refractivity contribution in [1.82, 2.24) is 29.9 Å². The van der Waals surface area contributed by atoms with Gasteiger partial charge >= 0.3 is 5.97 Å². The summed E-state index contributed by atoms with van der Waals surface area (Å²) in [6.07, 6.45) is 1.68. The number of tetrazole rings is 1. The Bertz CT molecular complexity index is 1650. The van der Waals surface area contributed by atoms with E-state index >= 15 is 0 Å². The number of aliphatic carboxylic acids is 1. The number of carbonyl (C=O) groups is 1. The molecule has 36 heavy (non-hydrogen) atoms. The zero-order chi connectivity index (χ0) is 25.3. The Morgan fingerprint density at radius 2 is 1.78 bits per heavy atom. The van der Waals surface area contributed by atoms with Gasteiger partial charge in [-0.05, 0) is 65.4 Å². The van der Waals surface area contributed by atoms with E-state index in [1.807, 2.05) is 48.5 Å². The van der Waals surface area contributed by atoms with E-state index in [1.54, 1.807) is 18.3 Å². The molecule has 5 aromatic rings. The van der Waals surface area contributed by atoms with Crippen molar-refractivity contribution in [2.45, 2.75) is 17.4 Å². The molecule has 182 valence electrons. The Balaban J connectivity index is 1.33. The van der Waals surface area contributed by atoms with E-state index in [0.717, 1.165) is 21.1 Å². The van der Waals surface area contributed by atoms with Crippen molar-refractivity contribution < 1.29 is 18.3 Å². The maximum Gasteiger partial charge on any atom is 0.322 e. The molecular weight excluding hydrogens is 548 g/mol. The molecule has 0 saturated carbocycles. The van der Waals surface area contributed by atoms with Gasteiger partial charge in [-0.2, -0.15) is 4.72 Å². The van der Waals surface area contributed by atoms with Crippen molar-refractivity contribution in [1.29, 1.82) is 0 Å². The van der Waals surface area contributed by atoms with Gasteiger partial charge in [0.05, 0.1) is 10.6 Å². The van der Waals surface area contributed by atoms with Crippen LogP contribution < -0.4 is 4.72 Å². The van der Waals surface area contributed by atoms with Crippen LogP contribution in [-0.2, 0) is 21.2 Å². The molecule has 0 saturated heterocycles. The number of benzene rings is 3. The molecule has 0 bridgehead atoms. The number of carboxylic acid groups (broad SMARTS) is 1. The number of nitrogens with zero attached hydrogens (tertiary/aromatic N) is 4. The summed E-state index contributed by atoms with van der Waals surface area (Å²) in [7, 11) is -4.11. The average Bonchev–Trinajstić information content (AvgIpc) is 3.52. The predicted octanol–water partition coefficient (Wildman–Crippen LogP) is 3.55. The molecule has 1 atom stereocenters. The average molecular weight is 567 g/mol. The molecule has 0 aliphatic carbocycles. The highest BCUT2D eigenvalue weighted by molar-refractivity contribution is 9.10. The summed E-state index contributed by atoms with van der Waals surface area (Å²) in [6.45, 7) is 0. The summed E-state index contributed by atoms with van der Waals surface area (Å²) in [4.78, 5) is 16.3. The van der Waals surface area contributed by atoms with Crippen LogP contribution in [0.1, 0.15) is 5.56 Å². The second-order valence-electron chi connectivity index (χ2n) is 7.98. The van der Waals surface area contributed by atoms with Crippen LogP contribution in [0.25, 0.3) is 28.0 Å². The fourth-order valence-corrected chi connectivity index (χ4v) is 5.21. The summed E-state index contributed by atoms with van der Waals surface area (Å²) < 4.78 is 29.2. The van der Waals surface area contributed by atoms with Crippen LogP contribution in [0.15, 0.2) is 88.4 Å². The van der Waals surface area contributed by atoms with E-state index < -0.39 is 22.0 Å². The number of aromatic amines is 1. The fraction of sp³-hybridized carbons (Fsp3) is 0.0833. The third-order valence-electron chi connectivity index (χ3n) is 5.59. The first-order chi connectivity index (χ1) is 17.3. The Labute approximate surface area is 214 Å². The number of halogens is 1. The molecule has 3 N–H and O–H groups in total. The van der Waals surface area contributed by atoms with E-state index in [4.69, 9.17) is 0 Å². The van der Waals surface area contributed by atoms with Gasteiger partial charge in [-0.15, -0.1) is 15.0 Å². The standard InChI is InChI=1S/C24H19BrN6O4S/c25-17-7-9-18(10-8-17)31-28-23(27-30-31)15-5-11-19(12-6-15)36(34,35)29-22(24(32)33)13-16-14-26-21-4-2-1-3-20(16)21/h1-12,14,22,26,29H,13H2,(H,32,33)/t22-/m1/s1. The molecule has 0 unspecified atom stereocenters. The quantitative estimate of drug-likeness (QED) is 0.260. The van der Waals surface area contributed by atoms with Crippen LogP contribution in [0.3, 0.4) is 0 Å².